The number of pyridine rings is 1. The summed E-state index contributed by atoms with van der Waals surface area (Å²) in [6, 6.07) is 12.6. The Labute approximate surface area is 142 Å². The maximum absolute atomic E-state index is 12.9. The second kappa shape index (κ2) is 5.24. The molecule has 1 aliphatic rings. The first-order chi connectivity index (χ1) is 12.0. The Kier molecular flexibility index (Phi) is 3.15. The Bertz CT molecular complexity index is 1070. The molecule has 0 bridgehead atoms. The molecule has 2 amide bonds. The standard InChI is InChI=1S/C19H12N2O4/c1-10-15-16(13-4-2-3-5-14(13)20-10)18(23)21(17(15)22)12-8-6-11(7-9-12)19(24)25/h2-9H,1H3,(H,24,25)/p-1. The van der Waals surface area contributed by atoms with E-state index < -0.39 is 17.8 Å². The van der Waals surface area contributed by atoms with Crippen LogP contribution in [0.1, 0.15) is 36.8 Å². The molecule has 0 N–H and O–H groups in total. The average molecular weight is 331 g/mol. The van der Waals surface area contributed by atoms with Gasteiger partial charge >= 0.3 is 0 Å². The summed E-state index contributed by atoms with van der Waals surface area (Å²) < 4.78 is 0. The van der Waals surface area contributed by atoms with Crippen molar-refractivity contribution in [3.05, 3.63) is 70.9 Å². The molecular formula is C19H11N2O4-. The number of fused-ring (bicyclic) bond motifs is 3. The average Bonchev–Trinajstić information content (AvgIpc) is 2.87. The molecule has 25 heavy (non-hydrogen) atoms. The van der Waals surface area contributed by atoms with Gasteiger partial charge in [0, 0.05) is 5.39 Å². The zero-order chi connectivity index (χ0) is 17.7. The molecule has 0 atom stereocenters. The van der Waals surface area contributed by atoms with Crippen molar-refractivity contribution < 1.29 is 19.5 Å². The Hall–Kier alpha value is -3.54. The summed E-state index contributed by atoms with van der Waals surface area (Å²) in [6.07, 6.45) is 0. The molecule has 0 aliphatic carbocycles. The number of nitrogens with zero attached hydrogens (tertiary/aromatic N) is 2. The minimum absolute atomic E-state index is 0.0244. The van der Waals surface area contributed by atoms with Crippen LogP contribution in [0.2, 0.25) is 0 Å². The lowest BCUT2D eigenvalue weighted by molar-refractivity contribution is -0.255. The molecule has 0 fully saturated rings. The molecule has 1 aliphatic heterocycles. The number of carbonyl (C=O) groups excluding carboxylic acids is 3. The molecule has 6 nitrogen and oxygen atoms in total. The van der Waals surface area contributed by atoms with Gasteiger partial charge in [-0.15, -0.1) is 0 Å². The largest absolute Gasteiger partial charge is 0.545 e. The SMILES string of the molecule is Cc1nc2ccccc2c2c1C(=O)N(c1ccc(C(=O)[O-])cc1)C2=O. The molecule has 0 unspecified atom stereocenters. The number of rotatable bonds is 2. The zero-order valence-corrected chi connectivity index (χ0v) is 13.1. The Morgan fingerprint density at radius 3 is 2.28 bits per heavy atom. The van der Waals surface area contributed by atoms with Gasteiger partial charge in [-0.05, 0) is 30.7 Å². The first-order valence-corrected chi connectivity index (χ1v) is 7.58. The smallest absolute Gasteiger partial charge is 0.268 e. The summed E-state index contributed by atoms with van der Waals surface area (Å²) in [7, 11) is 0. The van der Waals surface area contributed by atoms with Gasteiger partial charge in [-0.25, -0.2) is 4.90 Å². The van der Waals surface area contributed by atoms with Gasteiger partial charge in [-0.1, -0.05) is 30.3 Å². The number of amides is 2. The Balaban J connectivity index is 1.89. The van der Waals surface area contributed by atoms with Crippen molar-refractivity contribution in [2.75, 3.05) is 4.90 Å². The fourth-order valence-electron chi connectivity index (χ4n) is 3.12. The quantitative estimate of drug-likeness (QED) is 0.667. The zero-order valence-electron chi connectivity index (χ0n) is 13.1. The molecule has 122 valence electrons. The number of aromatic carboxylic acids is 1. The summed E-state index contributed by atoms with van der Waals surface area (Å²) >= 11 is 0. The van der Waals surface area contributed by atoms with Crippen LogP contribution in [0.5, 0.6) is 0 Å². The van der Waals surface area contributed by atoms with E-state index in [0.29, 0.717) is 27.8 Å². The van der Waals surface area contributed by atoms with Crippen LogP contribution >= 0.6 is 0 Å². The van der Waals surface area contributed by atoms with E-state index in [1.165, 1.54) is 24.3 Å². The van der Waals surface area contributed by atoms with Gasteiger partial charge in [0.25, 0.3) is 11.8 Å². The van der Waals surface area contributed by atoms with Crippen molar-refractivity contribution in [1.29, 1.82) is 0 Å². The van der Waals surface area contributed by atoms with Crippen LogP contribution in [0.25, 0.3) is 10.9 Å². The number of imide groups is 1. The van der Waals surface area contributed by atoms with Gasteiger partial charge < -0.3 is 9.90 Å². The van der Waals surface area contributed by atoms with Crippen molar-refractivity contribution >= 4 is 34.4 Å². The topological polar surface area (TPSA) is 90.4 Å². The number of hydrogen-bond acceptors (Lipinski definition) is 5. The highest BCUT2D eigenvalue weighted by molar-refractivity contribution is 6.37. The van der Waals surface area contributed by atoms with Crippen LogP contribution < -0.4 is 10.0 Å². The highest BCUT2D eigenvalue weighted by atomic mass is 16.4. The third-order valence-electron chi connectivity index (χ3n) is 4.27. The lowest BCUT2D eigenvalue weighted by Crippen LogP contribution is -2.29. The monoisotopic (exact) mass is 331 g/mol. The number of carboxylic acid groups (broad SMARTS) is 1. The van der Waals surface area contributed by atoms with Crippen molar-refractivity contribution in [3.8, 4) is 0 Å². The van der Waals surface area contributed by atoms with E-state index in [0.717, 1.165) is 4.90 Å². The van der Waals surface area contributed by atoms with E-state index in [1.807, 2.05) is 6.07 Å². The number of benzene rings is 2. The van der Waals surface area contributed by atoms with Crippen LogP contribution in [0, 0.1) is 6.92 Å². The highest BCUT2D eigenvalue weighted by Crippen LogP contribution is 2.34. The third kappa shape index (κ3) is 2.11. The van der Waals surface area contributed by atoms with E-state index in [-0.39, 0.29) is 11.1 Å². The number of aryl methyl sites for hydroxylation is 1. The molecule has 6 heteroatoms. The van der Waals surface area contributed by atoms with Gasteiger partial charge in [0.15, 0.2) is 0 Å². The Morgan fingerprint density at radius 1 is 0.960 bits per heavy atom. The first kappa shape index (κ1) is 15.0. The maximum atomic E-state index is 12.9. The number of aromatic nitrogens is 1. The van der Waals surface area contributed by atoms with Crippen LogP contribution in [0.3, 0.4) is 0 Å². The highest BCUT2D eigenvalue weighted by Gasteiger charge is 2.39. The minimum Gasteiger partial charge on any atom is -0.545 e. The lowest BCUT2D eigenvalue weighted by Gasteiger charge is -2.14. The Morgan fingerprint density at radius 2 is 1.60 bits per heavy atom. The predicted molar refractivity (Wildman–Crippen MR) is 88.4 cm³/mol. The molecule has 2 heterocycles. The minimum atomic E-state index is -1.32. The van der Waals surface area contributed by atoms with Crippen molar-refractivity contribution in [2.45, 2.75) is 6.92 Å². The van der Waals surface area contributed by atoms with E-state index in [1.54, 1.807) is 25.1 Å². The molecule has 4 rings (SSSR count). The second-order valence-corrected chi connectivity index (χ2v) is 5.74. The van der Waals surface area contributed by atoms with Crippen LogP contribution in [-0.4, -0.2) is 22.8 Å². The maximum Gasteiger partial charge on any atom is 0.268 e. The molecule has 0 radical (unpaired) electrons. The fourth-order valence-corrected chi connectivity index (χ4v) is 3.12. The van der Waals surface area contributed by atoms with Gasteiger partial charge in [-0.3, -0.25) is 14.6 Å². The summed E-state index contributed by atoms with van der Waals surface area (Å²) in [5, 5.41) is 11.5. The summed E-state index contributed by atoms with van der Waals surface area (Å²) in [6.45, 7) is 1.69. The fraction of sp³-hybridized carbons (Fsp3) is 0.0526. The number of carbonyl (C=O) groups is 3. The van der Waals surface area contributed by atoms with Crippen molar-refractivity contribution in [2.24, 2.45) is 0 Å². The summed E-state index contributed by atoms with van der Waals surface area (Å²) in [5.41, 5.74) is 2.03. The normalized spacial score (nSPS) is 13.4. The van der Waals surface area contributed by atoms with Crippen molar-refractivity contribution in [3.63, 3.8) is 0 Å². The second-order valence-electron chi connectivity index (χ2n) is 5.74. The van der Waals surface area contributed by atoms with Crippen molar-refractivity contribution in [1.82, 2.24) is 4.98 Å². The molecule has 2 aromatic carbocycles. The number of hydrogen-bond donors (Lipinski definition) is 0. The van der Waals surface area contributed by atoms with E-state index in [2.05, 4.69) is 4.98 Å². The van der Waals surface area contributed by atoms with Crippen LogP contribution in [-0.2, 0) is 0 Å². The number of para-hydroxylation sites is 1. The molecular weight excluding hydrogens is 320 g/mol. The van der Waals surface area contributed by atoms with Gasteiger partial charge in [0.05, 0.1) is 34.0 Å². The number of anilines is 1. The molecule has 3 aromatic rings. The van der Waals surface area contributed by atoms with Gasteiger partial charge in [0.2, 0.25) is 0 Å². The van der Waals surface area contributed by atoms with Crippen LogP contribution in [0.15, 0.2) is 48.5 Å². The van der Waals surface area contributed by atoms with E-state index in [9.17, 15) is 19.5 Å². The summed E-state index contributed by atoms with van der Waals surface area (Å²) in [4.78, 5) is 42.1. The molecule has 0 spiro atoms. The van der Waals surface area contributed by atoms with E-state index >= 15 is 0 Å². The van der Waals surface area contributed by atoms with Crippen LogP contribution in [0.4, 0.5) is 5.69 Å². The van der Waals surface area contributed by atoms with E-state index in [4.69, 9.17) is 0 Å². The number of carboxylic acids is 1. The van der Waals surface area contributed by atoms with Gasteiger partial charge in [-0.2, -0.15) is 0 Å². The molecule has 1 aromatic heterocycles. The third-order valence-corrected chi connectivity index (χ3v) is 4.27. The van der Waals surface area contributed by atoms with Gasteiger partial charge in [0.1, 0.15) is 0 Å². The first-order valence-electron chi connectivity index (χ1n) is 7.58. The molecule has 0 saturated carbocycles. The predicted octanol–water partition coefficient (Wildman–Crippen LogP) is 1.71. The lowest BCUT2D eigenvalue weighted by atomic mass is 10.0. The molecule has 0 saturated heterocycles. The summed E-state index contributed by atoms with van der Waals surface area (Å²) in [5.74, 6) is -2.22.